The van der Waals surface area contributed by atoms with E-state index < -0.39 is 6.04 Å². The Balaban J connectivity index is 1.70. The number of piperidine rings is 1. The molecule has 0 saturated carbocycles. The monoisotopic (exact) mass is 462 g/mol. The summed E-state index contributed by atoms with van der Waals surface area (Å²) in [7, 11) is 0. The Morgan fingerprint density at radius 3 is 2.81 bits per heavy atom. The summed E-state index contributed by atoms with van der Waals surface area (Å²) in [5, 5.41) is 8.58. The van der Waals surface area contributed by atoms with Crippen molar-refractivity contribution in [3.8, 4) is 0 Å². The van der Waals surface area contributed by atoms with Crippen molar-refractivity contribution in [3.05, 3.63) is 57.3 Å². The number of nitrogens with one attached hydrogen (secondary N) is 1. The summed E-state index contributed by atoms with van der Waals surface area (Å²) >= 11 is 12.4. The standard InChI is InChI=1S/C22H24Cl2N4O3/c1-3-31-22(30)15-5-4-10-27(12-15)21(29)19-13(2)26-18-8-9-25-28(18)20(19)14-6-7-16(23)17(24)11-14/h6-9,11,15,20,26H,3-5,10,12H2,1-2H3. The predicted octanol–water partition coefficient (Wildman–Crippen LogP) is 4.28. The van der Waals surface area contributed by atoms with Crippen LogP contribution in [0, 0.1) is 5.92 Å². The number of benzene rings is 1. The summed E-state index contributed by atoms with van der Waals surface area (Å²) < 4.78 is 6.95. The SMILES string of the molecule is CCOC(=O)C1CCCN(C(=O)C2=C(C)Nc3ccnn3C2c2ccc(Cl)c(Cl)c2)C1. The van der Waals surface area contributed by atoms with Gasteiger partial charge in [0.05, 0.1) is 34.3 Å². The summed E-state index contributed by atoms with van der Waals surface area (Å²) in [6, 6.07) is 6.74. The first-order chi connectivity index (χ1) is 14.9. The molecule has 7 nitrogen and oxygen atoms in total. The number of carbonyl (C=O) groups is 2. The van der Waals surface area contributed by atoms with E-state index in [4.69, 9.17) is 27.9 Å². The molecule has 2 aliphatic heterocycles. The van der Waals surface area contributed by atoms with Gasteiger partial charge >= 0.3 is 5.97 Å². The zero-order chi connectivity index (χ0) is 22.1. The van der Waals surface area contributed by atoms with E-state index in [1.165, 1.54) is 0 Å². The second-order valence-corrected chi connectivity index (χ2v) is 8.56. The molecule has 1 aromatic heterocycles. The van der Waals surface area contributed by atoms with E-state index in [1.807, 2.05) is 19.1 Å². The van der Waals surface area contributed by atoms with Gasteiger partial charge in [0.1, 0.15) is 11.9 Å². The van der Waals surface area contributed by atoms with E-state index in [-0.39, 0.29) is 17.8 Å². The number of likely N-dealkylation sites (tertiary alicyclic amines) is 1. The molecule has 1 amide bonds. The first-order valence-corrected chi connectivity index (χ1v) is 11.1. The van der Waals surface area contributed by atoms with Crippen LogP contribution >= 0.6 is 23.2 Å². The number of anilines is 1. The van der Waals surface area contributed by atoms with Gasteiger partial charge in [0, 0.05) is 24.9 Å². The molecule has 2 unspecified atom stereocenters. The molecule has 2 aliphatic rings. The first-order valence-electron chi connectivity index (χ1n) is 10.3. The highest BCUT2D eigenvalue weighted by molar-refractivity contribution is 6.42. The predicted molar refractivity (Wildman–Crippen MR) is 119 cm³/mol. The largest absolute Gasteiger partial charge is 0.466 e. The van der Waals surface area contributed by atoms with E-state index in [0.29, 0.717) is 35.3 Å². The molecule has 0 aliphatic carbocycles. The van der Waals surface area contributed by atoms with E-state index >= 15 is 0 Å². The Kier molecular flexibility index (Phi) is 6.25. The van der Waals surface area contributed by atoms with Gasteiger partial charge in [-0.05, 0) is 44.4 Å². The van der Waals surface area contributed by atoms with Crippen LogP contribution in [0.1, 0.15) is 38.3 Å². The molecule has 1 aromatic carbocycles. The molecule has 2 aromatic rings. The maximum absolute atomic E-state index is 13.7. The number of rotatable bonds is 4. The molecule has 2 atom stereocenters. The highest BCUT2D eigenvalue weighted by Gasteiger charge is 2.37. The van der Waals surface area contributed by atoms with Crippen LogP contribution in [0.3, 0.4) is 0 Å². The third-order valence-corrected chi connectivity index (χ3v) is 6.47. The van der Waals surface area contributed by atoms with Crippen LogP contribution in [0.5, 0.6) is 0 Å². The number of ether oxygens (including phenoxy) is 1. The summed E-state index contributed by atoms with van der Waals surface area (Å²) in [6.07, 6.45) is 3.16. The van der Waals surface area contributed by atoms with E-state index in [0.717, 1.165) is 29.9 Å². The smallest absolute Gasteiger partial charge is 0.310 e. The second-order valence-electron chi connectivity index (χ2n) is 7.74. The van der Waals surface area contributed by atoms with Gasteiger partial charge in [0.15, 0.2) is 0 Å². The number of esters is 1. The van der Waals surface area contributed by atoms with E-state index in [2.05, 4.69) is 10.4 Å². The number of aromatic nitrogens is 2. The molecule has 3 heterocycles. The quantitative estimate of drug-likeness (QED) is 0.686. The number of hydrogen-bond donors (Lipinski definition) is 1. The summed E-state index contributed by atoms with van der Waals surface area (Å²) in [4.78, 5) is 27.7. The number of carbonyl (C=O) groups excluding carboxylic acids is 2. The minimum atomic E-state index is -0.462. The topological polar surface area (TPSA) is 76.5 Å². The minimum absolute atomic E-state index is 0.128. The Bertz CT molecular complexity index is 1050. The fraction of sp³-hybridized carbons (Fsp3) is 0.409. The van der Waals surface area contributed by atoms with Gasteiger partial charge in [-0.15, -0.1) is 0 Å². The highest BCUT2D eigenvalue weighted by Crippen LogP contribution is 2.38. The normalized spacial score (nSPS) is 20.8. The molecule has 9 heteroatoms. The van der Waals surface area contributed by atoms with Crippen molar-refractivity contribution in [2.75, 3.05) is 25.0 Å². The fourth-order valence-electron chi connectivity index (χ4n) is 4.26. The maximum Gasteiger partial charge on any atom is 0.310 e. The third kappa shape index (κ3) is 4.16. The van der Waals surface area contributed by atoms with Gasteiger partial charge in [0.2, 0.25) is 0 Å². The molecule has 0 spiro atoms. The van der Waals surface area contributed by atoms with Gasteiger partial charge in [0.25, 0.3) is 5.91 Å². The Labute approximate surface area is 190 Å². The van der Waals surface area contributed by atoms with Crippen molar-refractivity contribution in [1.82, 2.24) is 14.7 Å². The van der Waals surface area contributed by atoms with E-state index in [1.54, 1.807) is 34.8 Å². The van der Waals surface area contributed by atoms with Crippen LogP contribution in [-0.2, 0) is 14.3 Å². The van der Waals surface area contributed by atoms with Crippen LogP contribution in [0.2, 0.25) is 10.0 Å². The lowest BCUT2D eigenvalue weighted by molar-refractivity contribution is -0.150. The Hall–Kier alpha value is -2.51. The summed E-state index contributed by atoms with van der Waals surface area (Å²) in [5.41, 5.74) is 2.12. The van der Waals surface area contributed by atoms with Crippen LogP contribution in [-0.4, -0.2) is 46.3 Å². The molecule has 31 heavy (non-hydrogen) atoms. The number of nitrogens with zero attached hydrogens (tertiary/aromatic N) is 3. The molecule has 1 N–H and O–H groups in total. The lowest BCUT2D eigenvalue weighted by Crippen LogP contribution is -2.45. The van der Waals surface area contributed by atoms with Crippen LogP contribution < -0.4 is 5.32 Å². The number of allylic oxidation sites excluding steroid dienone is 1. The molecule has 0 radical (unpaired) electrons. The first kappa shape index (κ1) is 21.7. The molecule has 1 saturated heterocycles. The van der Waals surface area contributed by atoms with Crippen molar-refractivity contribution < 1.29 is 14.3 Å². The van der Waals surface area contributed by atoms with Crippen molar-refractivity contribution in [2.24, 2.45) is 5.92 Å². The molecule has 0 bridgehead atoms. The lowest BCUT2D eigenvalue weighted by atomic mass is 9.92. The number of fused-ring (bicyclic) bond motifs is 1. The molecule has 1 fully saturated rings. The number of hydrogen-bond acceptors (Lipinski definition) is 5. The van der Waals surface area contributed by atoms with Crippen molar-refractivity contribution in [1.29, 1.82) is 0 Å². The van der Waals surface area contributed by atoms with Gasteiger partial charge < -0.3 is 15.0 Å². The van der Waals surface area contributed by atoms with Crippen LogP contribution in [0.4, 0.5) is 5.82 Å². The zero-order valence-electron chi connectivity index (χ0n) is 17.4. The van der Waals surface area contributed by atoms with E-state index in [9.17, 15) is 9.59 Å². The Morgan fingerprint density at radius 1 is 1.26 bits per heavy atom. The van der Waals surface area contributed by atoms with Gasteiger partial charge in [-0.3, -0.25) is 9.59 Å². The fourth-order valence-corrected chi connectivity index (χ4v) is 4.56. The average molecular weight is 463 g/mol. The average Bonchev–Trinajstić information content (AvgIpc) is 3.22. The second kappa shape index (κ2) is 8.93. The number of amides is 1. The number of halogens is 2. The Morgan fingerprint density at radius 2 is 2.06 bits per heavy atom. The van der Waals surface area contributed by atoms with Crippen molar-refractivity contribution in [2.45, 2.75) is 32.7 Å². The van der Waals surface area contributed by atoms with Gasteiger partial charge in [-0.25, -0.2) is 4.68 Å². The summed E-state index contributed by atoms with van der Waals surface area (Å²) in [5.74, 6) is 0.103. The van der Waals surface area contributed by atoms with Crippen LogP contribution in [0.15, 0.2) is 41.7 Å². The van der Waals surface area contributed by atoms with Crippen molar-refractivity contribution >= 4 is 40.9 Å². The maximum atomic E-state index is 13.7. The molecular formula is C22H24Cl2N4O3. The zero-order valence-corrected chi connectivity index (χ0v) is 18.9. The van der Waals surface area contributed by atoms with Gasteiger partial charge in [-0.2, -0.15) is 5.10 Å². The molecular weight excluding hydrogens is 439 g/mol. The lowest BCUT2D eigenvalue weighted by Gasteiger charge is -2.36. The summed E-state index contributed by atoms with van der Waals surface area (Å²) in [6.45, 7) is 4.93. The molecule has 4 rings (SSSR count). The minimum Gasteiger partial charge on any atom is -0.466 e. The highest BCUT2D eigenvalue weighted by atomic mass is 35.5. The molecule has 164 valence electrons. The third-order valence-electron chi connectivity index (χ3n) is 5.73. The van der Waals surface area contributed by atoms with Gasteiger partial charge in [-0.1, -0.05) is 29.3 Å². The van der Waals surface area contributed by atoms with Crippen molar-refractivity contribution in [3.63, 3.8) is 0 Å². The van der Waals surface area contributed by atoms with Crippen LogP contribution in [0.25, 0.3) is 0 Å².